The highest BCUT2D eigenvalue weighted by atomic mass is 32.2. The maximum Gasteiger partial charge on any atom is 0.270 e. The second kappa shape index (κ2) is 8.71. The first-order chi connectivity index (χ1) is 13.5. The number of thiazole rings is 1. The Hall–Kier alpha value is -3.12. The molecule has 0 aliphatic carbocycles. The molecule has 10 nitrogen and oxygen atoms in total. The number of nitrogens with zero attached hydrogens (tertiary/aromatic N) is 5. The number of nitro benzene ring substituents is 1. The minimum atomic E-state index is -0.463. The largest absolute Gasteiger partial charge is 0.368 e. The maximum atomic E-state index is 12.6. The number of rotatable bonds is 7. The van der Waals surface area contributed by atoms with Gasteiger partial charge in [-0.25, -0.2) is 15.0 Å². The molecule has 2 heterocycles. The number of hydrogen-bond donors (Lipinski definition) is 2. The first kappa shape index (κ1) is 19.6. The lowest BCUT2D eigenvalue weighted by molar-refractivity contribution is -0.384. The monoisotopic (exact) mass is 417 g/mol. The third-order valence-electron chi connectivity index (χ3n) is 3.57. The van der Waals surface area contributed by atoms with E-state index >= 15 is 0 Å². The Balaban J connectivity index is 1.70. The highest BCUT2D eigenvalue weighted by molar-refractivity contribution is 8.00. The molecule has 0 saturated heterocycles. The van der Waals surface area contributed by atoms with Crippen LogP contribution in [0.3, 0.4) is 0 Å². The first-order valence-corrected chi connectivity index (χ1v) is 9.84. The fourth-order valence-corrected chi connectivity index (χ4v) is 3.79. The van der Waals surface area contributed by atoms with Crippen LogP contribution in [0.5, 0.6) is 0 Å². The molecule has 0 fully saturated rings. The van der Waals surface area contributed by atoms with Gasteiger partial charge >= 0.3 is 0 Å². The third-order valence-corrected chi connectivity index (χ3v) is 5.56. The number of carbonyl (C=O) groups excluding carboxylic acids is 1. The molecule has 0 bridgehead atoms. The van der Waals surface area contributed by atoms with Crippen molar-refractivity contribution in [2.45, 2.75) is 23.8 Å². The second-order valence-corrected chi connectivity index (χ2v) is 7.50. The first-order valence-electron chi connectivity index (χ1n) is 8.08. The van der Waals surface area contributed by atoms with E-state index in [0.29, 0.717) is 28.0 Å². The number of anilines is 2. The number of nitro groups is 1. The van der Waals surface area contributed by atoms with Crippen LogP contribution in [-0.2, 0) is 4.79 Å². The zero-order valence-electron chi connectivity index (χ0n) is 14.6. The van der Waals surface area contributed by atoms with Crippen molar-refractivity contribution in [3.63, 3.8) is 0 Å². The molecule has 12 heteroatoms. The summed E-state index contributed by atoms with van der Waals surface area (Å²) in [4.78, 5) is 39.1. The Kier molecular flexibility index (Phi) is 6.11. The number of nitrogens with one attached hydrogen (secondary N) is 1. The summed E-state index contributed by atoms with van der Waals surface area (Å²) in [6.45, 7) is 1.87. The van der Waals surface area contributed by atoms with E-state index < -0.39 is 10.2 Å². The molecule has 28 heavy (non-hydrogen) atoms. The van der Waals surface area contributed by atoms with Crippen LogP contribution in [0.25, 0.3) is 11.3 Å². The lowest BCUT2D eigenvalue weighted by Gasteiger charge is -2.12. The molecule has 1 atom stereocenters. The van der Waals surface area contributed by atoms with Crippen molar-refractivity contribution in [1.82, 2.24) is 19.9 Å². The van der Waals surface area contributed by atoms with Gasteiger partial charge in [-0.3, -0.25) is 14.9 Å². The topological polar surface area (TPSA) is 150 Å². The van der Waals surface area contributed by atoms with E-state index in [1.54, 1.807) is 17.5 Å². The lowest BCUT2D eigenvalue weighted by Crippen LogP contribution is -2.24. The van der Waals surface area contributed by atoms with Crippen molar-refractivity contribution in [2.24, 2.45) is 0 Å². The molecule has 0 aliphatic rings. The zero-order chi connectivity index (χ0) is 20.1. The van der Waals surface area contributed by atoms with Gasteiger partial charge in [-0.2, -0.15) is 4.98 Å². The van der Waals surface area contributed by atoms with Crippen molar-refractivity contribution in [2.75, 3.05) is 11.1 Å². The van der Waals surface area contributed by atoms with Gasteiger partial charge in [0.25, 0.3) is 5.69 Å². The number of carbonyl (C=O) groups is 1. The van der Waals surface area contributed by atoms with Crippen LogP contribution in [0.15, 0.2) is 41.1 Å². The Labute approximate surface area is 167 Å². The van der Waals surface area contributed by atoms with E-state index in [4.69, 9.17) is 5.73 Å². The molecule has 3 rings (SSSR count). The van der Waals surface area contributed by atoms with Gasteiger partial charge in [0.2, 0.25) is 11.9 Å². The number of non-ortho nitro benzene ring substituents is 1. The molecule has 3 N–H and O–H groups in total. The predicted molar refractivity (Wildman–Crippen MR) is 107 cm³/mol. The smallest absolute Gasteiger partial charge is 0.270 e. The molecule has 144 valence electrons. The lowest BCUT2D eigenvalue weighted by atomic mass is 10.1. The summed E-state index contributed by atoms with van der Waals surface area (Å²) in [5, 5.41) is 15.8. The average Bonchev–Trinajstić information content (AvgIpc) is 3.14. The van der Waals surface area contributed by atoms with Crippen LogP contribution < -0.4 is 11.1 Å². The number of hydrogen-bond acceptors (Lipinski definition) is 10. The molecule has 3 aromatic rings. The van der Waals surface area contributed by atoms with E-state index in [9.17, 15) is 14.9 Å². The number of benzene rings is 1. The van der Waals surface area contributed by atoms with Gasteiger partial charge in [0, 0.05) is 23.1 Å². The predicted octanol–water partition coefficient (Wildman–Crippen LogP) is 2.99. The van der Waals surface area contributed by atoms with E-state index in [1.165, 1.54) is 41.6 Å². The van der Waals surface area contributed by atoms with Gasteiger partial charge in [0.15, 0.2) is 10.3 Å². The van der Waals surface area contributed by atoms with Gasteiger partial charge in [-0.05, 0) is 6.42 Å². The fraction of sp³-hybridized carbons (Fsp3) is 0.188. The van der Waals surface area contributed by atoms with E-state index in [2.05, 4.69) is 25.3 Å². The Morgan fingerprint density at radius 2 is 2.21 bits per heavy atom. The van der Waals surface area contributed by atoms with Gasteiger partial charge in [-0.1, -0.05) is 30.8 Å². The van der Waals surface area contributed by atoms with Gasteiger partial charge in [0.05, 0.1) is 15.9 Å². The maximum absolute atomic E-state index is 12.6. The van der Waals surface area contributed by atoms with Crippen molar-refractivity contribution >= 4 is 45.8 Å². The molecule has 0 spiro atoms. The van der Waals surface area contributed by atoms with Gasteiger partial charge < -0.3 is 11.1 Å². The number of thioether (sulfide) groups is 1. The minimum absolute atomic E-state index is 0.0184. The summed E-state index contributed by atoms with van der Waals surface area (Å²) in [7, 11) is 0. The Morgan fingerprint density at radius 3 is 2.93 bits per heavy atom. The van der Waals surface area contributed by atoms with Gasteiger partial charge in [-0.15, -0.1) is 11.3 Å². The van der Waals surface area contributed by atoms with Crippen LogP contribution >= 0.6 is 23.1 Å². The number of aromatic nitrogens is 4. The summed E-state index contributed by atoms with van der Waals surface area (Å²) in [5.74, 6) is -0.152. The number of nitrogens with two attached hydrogens (primary N) is 1. The average molecular weight is 417 g/mol. The molecule has 1 unspecified atom stereocenters. The summed E-state index contributed by atoms with van der Waals surface area (Å²) in [6, 6.07) is 6.17. The molecule has 0 saturated carbocycles. The molecule has 0 radical (unpaired) electrons. The summed E-state index contributed by atoms with van der Waals surface area (Å²) >= 11 is 2.43. The van der Waals surface area contributed by atoms with E-state index in [0.717, 1.165) is 0 Å². The Bertz CT molecular complexity index is 1010. The SMILES string of the molecule is CCC(Sc1ncnc(N)n1)C(=O)Nc1nc(-c2cccc([N+](=O)[O-])c2)cs1. The van der Waals surface area contributed by atoms with Crippen LogP contribution in [0, 0.1) is 10.1 Å². The van der Waals surface area contributed by atoms with Gasteiger partial charge in [0.1, 0.15) is 6.33 Å². The fourth-order valence-electron chi connectivity index (χ4n) is 2.23. The van der Waals surface area contributed by atoms with Crippen molar-refractivity contribution in [1.29, 1.82) is 0 Å². The van der Waals surface area contributed by atoms with E-state index in [1.807, 2.05) is 6.92 Å². The summed E-state index contributed by atoms with van der Waals surface area (Å²) < 4.78 is 0. The second-order valence-electron chi connectivity index (χ2n) is 5.48. The van der Waals surface area contributed by atoms with Crippen LogP contribution in [0.2, 0.25) is 0 Å². The summed E-state index contributed by atoms with van der Waals surface area (Å²) in [5.41, 5.74) is 6.67. The van der Waals surface area contributed by atoms with Crippen molar-refractivity contribution < 1.29 is 9.72 Å². The molecule has 1 amide bonds. The molecular formula is C16H15N7O3S2. The molecule has 1 aromatic carbocycles. The third kappa shape index (κ3) is 4.78. The standard InChI is InChI=1S/C16H15N7O3S2/c1-2-12(28-15-19-8-18-14(17)22-15)13(24)21-16-20-11(7-27-16)9-4-3-5-10(6-9)23(25)26/h3-8,12H,2H2,1H3,(H,20,21,24)(H2,17,18,19,22). The zero-order valence-corrected chi connectivity index (χ0v) is 16.2. The van der Waals surface area contributed by atoms with Crippen LogP contribution in [-0.4, -0.2) is 36.0 Å². The highest BCUT2D eigenvalue weighted by Gasteiger charge is 2.21. The summed E-state index contributed by atoms with van der Waals surface area (Å²) in [6.07, 6.45) is 1.84. The molecule has 0 aliphatic heterocycles. The number of amides is 1. The normalized spacial score (nSPS) is 11.8. The van der Waals surface area contributed by atoms with Crippen molar-refractivity contribution in [3.05, 3.63) is 46.1 Å². The van der Waals surface area contributed by atoms with E-state index in [-0.39, 0.29) is 17.5 Å². The number of nitrogen functional groups attached to an aromatic ring is 1. The molecular weight excluding hydrogens is 402 g/mol. The molecule has 2 aromatic heterocycles. The van der Waals surface area contributed by atoms with Crippen LogP contribution in [0.1, 0.15) is 13.3 Å². The Morgan fingerprint density at radius 1 is 1.39 bits per heavy atom. The van der Waals surface area contributed by atoms with Crippen LogP contribution in [0.4, 0.5) is 16.8 Å². The highest BCUT2D eigenvalue weighted by Crippen LogP contribution is 2.29. The van der Waals surface area contributed by atoms with Crippen molar-refractivity contribution in [3.8, 4) is 11.3 Å². The quantitative estimate of drug-likeness (QED) is 0.336. The minimum Gasteiger partial charge on any atom is -0.368 e.